The van der Waals surface area contributed by atoms with Gasteiger partial charge in [0.15, 0.2) is 0 Å². The van der Waals surface area contributed by atoms with Gasteiger partial charge in [-0.15, -0.1) is 0 Å². The first-order valence-electron chi connectivity index (χ1n) is 7.20. The summed E-state index contributed by atoms with van der Waals surface area (Å²) in [5.41, 5.74) is 3.02. The Hall–Kier alpha value is -2.49. The SMILES string of the molecule is COc1ccc(NC(=O)CCc2cccc(C)c2)c(OC)c1. The maximum atomic E-state index is 12.1. The van der Waals surface area contributed by atoms with Crippen LogP contribution in [0.5, 0.6) is 11.5 Å². The van der Waals surface area contributed by atoms with Crippen LogP contribution in [0.4, 0.5) is 5.69 Å². The number of nitrogens with one attached hydrogen (secondary N) is 1. The van der Waals surface area contributed by atoms with Crippen molar-refractivity contribution in [3.8, 4) is 11.5 Å². The molecule has 0 fully saturated rings. The molecule has 116 valence electrons. The Morgan fingerprint density at radius 2 is 1.91 bits per heavy atom. The van der Waals surface area contributed by atoms with Crippen molar-refractivity contribution in [3.63, 3.8) is 0 Å². The predicted octanol–water partition coefficient (Wildman–Crippen LogP) is 3.58. The first-order valence-corrected chi connectivity index (χ1v) is 7.20. The highest BCUT2D eigenvalue weighted by molar-refractivity contribution is 5.92. The van der Waals surface area contributed by atoms with Crippen LogP contribution in [0.2, 0.25) is 0 Å². The highest BCUT2D eigenvalue weighted by Crippen LogP contribution is 2.29. The summed E-state index contributed by atoms with van der Waals surface area (Å²) in [7, 11) is 3.16. The molecule has 4 heteroatoms. The molecule has 2 aromatic rings. The van der Waals surface area contributed by atoms with Gasteiger partial charge in [-0.1, -0.05) is 29.8 Å². The maximum absolute atomic E-state index is 12.1. The fraction of sp³-hybridized carbons (Fsp3) is 0.278. The number of rotatable bonds is 6. The van der Waals surface area contributed by atoms with Crippen LogP contribution in [0.3, 0.4) is 0 Å². The minimum Gasteiger partial charge on any atom is -0.497 e. The van der Waals surface area contributed by atoms with E-state index in [9.17, 15) is 4.79 Å². The number of benzene rings is 2. The van der Waals surface area contributed by atoms with E-state index in [0.29, 0.717) is 30.0 Å². The lowest BCUT2D eigenvalue weighted by Gasteiger charge is -2.11. The summed E-state index contributed by atoms with van der Waals surface area (Å²) >= 11 is 0. The molecule has 22 heavy (non-hydrogen) atoms. The molecule has 0 aromatic heterocycles. The van der Waals surface area contributed by atoms with E-state index < -0.39 is 0 Å². The summed E-state index contributed by atoms with van der Waals surface area (Å²) in [6.07, 6.45) is 1.14. The third-order valence-electron chi connectivity index (χ3n) is 3.41. The lowest BCUT2D eigenvalue weighted by molar-refractivity contribution is -0.116. The van der Waals surface area contributed by atoms with Gasteiger partial charge in [-0.25, -0.2) is 0 Å². The van der Waals surface area contributed by atoms with Crippen molar-refractivity contribution >= 4 is 11.6 Å². The van der Waals surface area contributed by atoms with Crippen molar-refractivity contribution in [1.82, 2.24) is 0 Å². The van der Waals surface area contributed by atoms with Gasteiger partial charge in [0.25, 0.3) is 0 Å². The molecule has 0 aliphatic rings. The van der Waals surface area contributed by atoms with Gasteiger partial charge in [-0.05, 0) is 31.0 Å². The molecule has 1 amide bonds. The van der Waals surface area contributed by atoms with Crippen LogP contribution in [0.15, 0.2) is 42.5 Å². The summed E-state index contributed by atoms with van der Waals surface area (Å²) in [4.78, 5) is 12.1. The topological polar surface area (TPSA) is 47.6 Å². The number of aryl methyl sites for hydroxylation is 2. The molecule has 4 nitrogen and oxygen atoms in total. The van der Waals surface area contributed by atoms with Gasteiger partial charge < -0.3 is 14.8 Å². The van der Waals surface area contributed by atoms with Crippen molar-refractivity contribution in [2.45, 2.75) is 19.8 Å². The van der Waals surface area contributed by atoms with Crippen LogP contribution in [0.25, 0.3) is 0 Å². The number of carbonyl (C=O) groups is 1. The molecule has 0 atom stereocenters. The average Bonchev–Trinajstić information content (AvgIpc) is 2.53. The Bertz CT molecular complexity index is 653. The standard InChI is InChI=1S/C18H21NO3/c1-13-5-4-6-14(11-13)7-10-18(20)19-16-9-8-15(21-2)12-17(16)22-3/h4-6,8-9,11-12H,7,10H2,1-3H3,(H,19,20). The van der Waals surface area contributed by atoms with Gasteiger partial charge in [-0.2, -0.15) is 0 Å². The monoisotopic (exact) mass is 299 g/mol. The average molecular weight is 299 g/mol. The van der Waals surface area contributed by atoms with E-state index in [1.807, 2.05) is 25.1 Å². The number of carbonyl (C=O) groups excluding carboxylic acids is 1. The Labute approximate surface area is 131 Å². The zero-order valence-corrected chi connectivity index (χ0v) is 13.2. The molecule has 0 aliphatic carbocycles. The summed E-state index contributed by atoms with van der Waals surface area (Å²) in [5.74, 6) is 1.24. The molecular weight excluding hydrogens is 278 g/mol. The van der Waals surface area contributed by atoms with Gasteiger partial charge in [0, 0.05) is 12.5 Å². The van der Waals surface area contributed by atoms with Gasteiger partial charge in [0.2, 0.25) is 5.91 Å². The van der Waals surface area contributed by atoms with E-state index in [1.54, 1.807) is 32.4 Å². The quantitative estimate of drug-likeness (QED) is 0.887. The molecule has 1 N–H and O–H groups in total. The number of amides is 1. The normalized spacial score (nSPS) is 10.1. The molecule has 2 aromatic carbocycles. The van der Waals surface area contributed by atoms with E-state index in [-0.39, 0.29) is 5.91 Å². The van der Waals surface area contributed by atoms with Crippen LogP contribution >= 0.6 is 0 Å². The molecule has 0 saturated heterocycles. The number of ether oxygens (including phenoxy) is 2. The summed E-state index contributed by atoms with van der Waals surface area (Å²) in [6.45, 7) is 2.05. The zero-order chi connectivity index (χ0) is 15.9. The van der Waals surface area contributed by atoms with Crippen LogP contribution in [-0.4, -0.2) is 20.1 Å². The van der Waals surface area contributed by atoms with Crippen molar-refractivity contribution in [2.75, 3.05) is 19.5 Å². The fourth-order valence-electron chi connectivity index (χ4n) is 2.24. The second kappa shape index (κ2) is 7.50. The van der Waals surface area contributed by atoms with Crippen LogP contribution in [0, 0.1) is 6.92 Å². The molecule has 0 aliphatic heterocycles. The van der Waals surface area contributed by atoms with E-state index in [2.05, 4.69) is 11.4 Å². The highest BCUT2D eigenvalue weighted by atomic mass is 16.5. The van der Waals surface area contributed by atoms with Gasteiger partial charge in [0.1, 0.15) is 11.5 Å². The molecule has 0 heterocycles. The lowest BCUT2D eigenvalue weighted by Crippen LogP contribution is -2.13. The van der Waals surface area contributed by atoms with E-state index in [1.165, 1.54) is 5.56 Å². The van der Waals surface area contributed by atoms with Crippen LogP contribution < -0.4 is 14.8 Å². The Kier molecular flexibility index (Phi) is 5.42. The van der Waals surface area contributed by atoms with Crippen molar-refractivity contribution in [1.29, 1.82) is 0 Å². The summed E-state index contributed by atoms with van der Waals surface area (Å²) in [5, 5.41) is 2.88. The van der Waals surface area contributed by atoms with E-state index in [4.69, 9.17) is 9.47 Å². The molecule has 0 bridgehead atoms. The first kappa shape index (κ1) is 15.9. The number of hydrogen-bond acceptors (Lipinski definition) is 3. The fourth-order valence-corrected chi connectivity index (χ4v) is 2.24. The zero-order valence-electron chi connectivity index (χ0n) is 13.2. The van der Waals surface area contributed by atoms with Gasteiger partial charge in [-0.3, -0.25) is 4.79 Å². The van der Waals surface area contributed by atoms with Gasteiger partial charge >= 0.3 is 0 Å². The minimum atomic E-state index is -0.0371. The Morgan fingerprint density at radius 3 is 2.59 bits per heavy atom. The number of anilines is 1. The van der Waals surface area contributed by atoms with Crippen molar-refractivity contribution in [3.05, 3.63) is 53.6 Å². The summed E-state index contributed by atoms with van der Waals surface area (Å²) in [6, 6.07) is 13.5. The van der Waals surface area contributed by atoms with E-state index in [0.717, 1.165) is 5.56 Å². The van der Waals surface area contributed by atoms with Crippen LogP contribution in [-0.2, 0) is 11.2 Å². The predicted molar refractivity (Wildman–Crippen MR) is 87.7 cm³/mol. The second-order valence-corrected chi connectivity index (χ2v) is 5.10. The molecule has 0 spiro atoms. The largest absolute Gasteiger partial charge is 0.497 e. The van der Waals surface area contributed by atoms with Crippen molar-refractivity contribution < 1.29 is 14.3 Å². The highest BCUT2D eigenvalue weighted by Gasteiger charge is 2.09. The second-order valence-electron chi connectivity index (χ2n) is 5.10. The first-order chi connectivity index (χ1) is 10.6. The van der Waals surface area contributed by atoms with Gasteiger partial charge in [0.05, 0.1) is 19.9 Å². The van der Waals surface area contributed by atoms with Crippen molar-refractivity contribution in [2.24, 2.45) is 0 Å². The molecule has 2 rings (SSSR count). The smallest absolute Gasteiger partial charge is 0.224 e. The lowest BCUT2D eigenvalue weighted by atomic mass is 10.1. The molecule has 0 unspecified atom stereocenters. The maximum Gasteiger partial charge on any atom is 0.224 e. The molecule has 0 radical (unpaired) electrons. The Balaban J connectivity index is 1.97. The summed E-state index contributed by atoms with van der Waals surface area (Å²) < 4.78 is 10.4. The number of hydrogen-bond donors (Lipinski definition) is 1. The van der Waals surface area contributed by atoms with E-state index >= 15 is 0 Å². The number of methoxy groups -OCH3 is 2. The minimum absolute atomic E-state index is 0.0371. The third-order valence-corrected chi connectivity index (χ3v) is 3.41. The van der Waals surface area contributed by atoms with Crippen LogP contribution in [0.1, 0.15) is 17.5 Å². The third kappa shape index (κ3) is 4.25. The molecule has 0 saturated carbocycles. The Morgan fingerprint density at radius 1 is 1.09 bits per heavy atom. The molecular formula is C18H21NO3.